The summed E-state index contributed by atoms with van der Waals surface area (Å²) in [4.78, 5) is 12.4. The van der Waals surface area contributed by atoms with Gasteiger partial charge in [0.15, 0.2) is 5.82 Å². The fourth-order valence-electron chi connectivity index (χ4n) is 3.34. The second-order valence-corrected chi connectivity index (χ2v) is 6.07. The van der Waals surface area contributed by atoms with E-state index in [0.29, 0.717) is 24.2 Å². The van der Waals surface area contributed by atoms with Crippen LogP contribution in [0.15, 0.2) is 6.07 Å². The third kappa shape index (κ3) is 2.59. The first-order valence-electron chi connectivity index (χ1n) is 7.81. The maximum absolute atomic E-state index is 12.4. The maximum Gasteiger partial charge on any atom is 0.229 e. The van der Waals surface area contributed by atoms with Gasteiger partial charge in [0.2, 0.25) is 5.91 Å². The number of carbonyl (C=O) groups excluding carboxylic acids is 1. The van der Waals surface area contributed by atoms with E-state index in [0.717, 1.165) is 25.8 Å². The molecule has 5 heteroatoms. The van der Waals surface area contributed by atoms with Gasteiger partial charge >= 0.3 is 0 Å². The van der Waals surface area contributed by atoms with Crippen LogP contribution in [0.1, 0.15) is 50.6 Å². The van der Waals surface area contributed by atoms with E-state index in [4.69, 9.17) is 5.73 Å². The highest BCUT2D eigenvalue weighted by atomic mass is 16.2. The third-order valence-electron chi connectivity index (χ3n) is 4.66. The molecule has 3 N–H and O–H groups in total. The number of anilines is 1. The largest absolute Gasteiger partial charge is 0.330 e. The standard InChI is InChI=1S/C15H24N4O/c1-2-19-13(10-6-7-10)8-14(18-19)17-15(20)12-5-3-4-11(12)9-16/h8,10-12H,2-7,9,16H2,1H3,(H,17,18,20)/t11-,12-/m1/s1. The van der Waals surface area contributed by atoms with Crippen LogP contribution in [-0.4, -0.2) is 22.2 Å². The van der Waals surface area contributed by atoms with Gasteiger partial charge in [-0.2, -0.15) is 5.10 Å². The van der Waals surface area contributed by atoms with E-state index in [-0.39, 0.29) is 11.8 Å². The SMILES string of the molecule is CCn1nc(NC(=O)[C@@H]2CCC[C@@H]2CN)cc1C1CC1. The summed E-state index contributed by atoms with van der Waals surface area (Å²) in [7, 11) is 0. The molecule has 1 heterocycles. The summed E-state index contributed by atoms with van der Waals surface area (Å²) < 4.78 is 2.02. The average Bonchev–Trinajstić information content (AvgIpc) is 3.04. The molecular weight excluding hydrogens is 252 g/mol. The summed E-state index contributed by atoms with van der Waals surface area (Å²) in [5.41, 5.74) is 7.02. The van der Waals surface area contributed by atoms with Crippen LogP contribution in [0.2, 0.25) is 0 Å². The molecule has 2 aliphatic carbocycles. The Morgan fingerprint density at radius 1 is 1.45 bits per heavy atom. The van der Waals surface area contributed by atoms with Crippen molar-refractivity contribution in [2.75, 3.05) is 11.9 Å². The summed E-state index contributed by atoms with van der Waals surface area (Å²) in [6.45, 7) is 3.55. The first-order valence-corrected chi connectivity index (χ1v) is 7.81. The minimum atomic E-state index is 0.0659. The van der Waals surface area contributed by atoms with Crippen LogP contribution in [0, 0.1) is 11.8 Å². The van der Waals surface area contributed by atoms with Crippen molar-refractivity contribution in [3.8, 4) is 0 Å². The second-order valence-electron chi connectivity index (χ2n) is 6.07. The molecule has 0 aliphatic heterocycles. The molecule has 3 rings (SSSR count). The number of nitrogens with two attached hydrogens (primary N) is 1. The molecule has 1 aromatic rings. The molecule has 0 spiro atoms. The van der Waals surface area contributed by atoms with Crippen molar-refractivity contribution in [2.45, 2.75) is 51.5 Å². The minimum absolute atomic E-state index is 0.0659. The molecule has 0 saturated heterocycles. The highest BCUT2D eigenvalue weighted by Crippen LogP contribution is 2.41. The zero-order valence-corrected chi connectivity index (χ0v) is 12.1. The quantitative estimate of drug-likeness (QED) is 0.865. The van der Waals surface area contributed by atoms with Crippen LogP contribution >= 0.6 is 0 Å². The van der Waals surface area contributed by atoms with Gasteiger partial charge in [0, 0.05) is 30.1 Å². The fraction of sp³-hybridized carbons (Fsp3) is 0.733. The number of nitrogens with one attached hydrogen (secondary N) is 1. The van der Waals surface area contributed by atoms with E-state index >= 15 is 0 Å². The summed E-state index contributed by atoms with van der Waals surface area (Å²) >= 11 is 0. The predicted molar refractivity (Wildman–Crippen MR) is 78.4 cm³/mol. The molecule has 0 radical (unpaired) electrons. The monoisotopic (exact) mass is 276 g/mol. The van der Waals surface area contributed by atoms with E-state index in [2.05, 4.69) is 17.3 Å². The van der Waals surface area contributed by atoms with Crippen molar-refractivity contribution >= 4 is 11.7 Å². The highest BCUT2D eigenvalue weighted by Gasteiger charge is 2.33. The Kier molecular flexibility index (Phi) is 3.78. The molecule has 0 bridgehead atoms. The lowest BCUT2D eigenvalue weighted by Gasteiger charge is -2.16. The molecule has 2 saturated carbocycles. The number of hydrogen-bond donors (Lipinski definition) is 2. The average molecular weight is 276 g/mol. The maximum atomic E-state index is 12.4. The molecule has 110 valence electrons. The third-order valence-corrected chi connectivity index (χ3v) is 4.66. The smallest absolute Gasteiger partial charge is 0.229 e. The molecule has 2 atom stereocenters. The van der Waals surface area contributed by atoms with Gasteiger partial charge in [-0.15, -0.1) is 0 Å². The Morgan fingerprint density at radius 2 is 2.25 bits per heavy atom. The second kappa shape index (κ2) is 5.56. The Bertz CT molecular complexity index is 492. The summed E-state index contributed by atoms with van der Waals surface area (Å²) in [5.74, 6) is 1.86. The van der Waals surface area contributed by atoms with Crippen LogP contribution in [0.3, 0.4) is 0 Å². The number of nitrogens with zero attached hydrogens (tertiary/aromatic N) is 2. The van der Waals surface area contributed by atoms with Crippen molar-refractivity contribution in [2.24, 2.45) is 17.6 Å². The zero-order valence-electron chi connectivity index (χ0n) is 12.1. The Hall–Kier alpha value is -1.36. The lowest BCUT2D eigenvalue weighted by atomic mass is 9.95. The van der Waals surface area contributed by atoms with Gasteiger partial charge in [0.25, 0.3) is 0 Å². The van der Waals surface area contributed by atoms with Crippen LogP contribution < -0.4 is 11.1 Å². The molecule has 2 fully saturated rings. The number of carbonyl (C=O) groups is 1. The zero-order chi connectivity index (χ0) is 14.1. The van der Waals surface area contributed by atoms with E-state index in [9.17, 15) is 4.79 Å². The molecule has 0 unspecified atom stereocenters. The number of aromatic nitrogens is 2. The fourth-order valence-corrected chi connectivity index (χ4v) is 3.34. The number of hydrogen-bond acceptors (Lipinski definition) is 3. The van der Waals surface area contributed by atoms with Crippen molar-refractivity contribution in [1.29, 1.82) is 0 Å². The number of amides is 1. The van der Waals surface area contributed by atoms with Gasteiger partial charge in [0.05, 0.1) is 0 Å². The Balaban J connectivity index is 1.69. The first kappa shape index (κ1) is 13.6. The molecule has 2 aliphatic rings. The van der Waals surface area contributed by atoms with Gasteiger partial charge in [-0.25, -0.2) is 0 Å². The minimum Gasteiger partial charge on any atom is -0.330 e. The number of rotatable bonds is 5. The van der Waals surface area contributed by atoms with E-state index in [1.54, 1.807) is 0 Å². The van der Waals surface area contributed by atoms with Gasteiger partial charge in [-0.05, 0) is 45.1 Å². The highest BCUT2D eigenvalue weighted by molar-refractivity contribution is 5.92. The van der Waals surface area contributed by atoms with Crippen LogP contribution in [-0.2, 0) is 11.3 Å². The Labute approximate surface area is 119 Å². The molecule has 0 aromatic carbocycles. The van der Waals surface area contributed by atoms with E-state index < -0.39 is 0 Å². The summed E-state index contributed by atoms with van der Waals surface area (Å²) in [5, 5.41) is 7.51. The van der Waals surface area contributed by atoms with E-state index in [1.807, 2.05) is 10.7 Å². The van der Waals surface area contributed by atoms with Crippen molar-refractivity contribution < 1.29 is 4.79 Å². The number of aryl methyl sites for hydroxylation is 1. The predicted octanol–water partition coefficient (Wildman–Crippen LogP) is 2.09. The topological polar surface area (TPSA) is 72.9 Å². The lowest BCUT2D eigenvalue weighted by Crippen LogP contribution is -2.29. The van der Waals surface area contributed by atoms with Gasteiger partial charge in [0.1, 0.15) is 0 Å². The van der Waals surface area contributed by atoms with Crippen molar-refractivity contribution in [1.82, 2.24) is 9.78 Å². The van der Waals surface area contributed by atoms with Crippen LogP contribution in [0.4, 0.5) is 5.82 Å². The van der Waals surface area contributed by atoms with Gasteiger partial charge in [-0.3, -0.25) is 9.48 Å². The van der Waals surface area contributed by atoms with E-state index in [1.165, 1.54) is 18.5 Å². The first-order chi connectivity index (χ1) is 9.72. The molecule has 1 amide bonds. The molecule has 5 nitrogen and oxygen atoms in total. The van der Waals surface area contributed by atoms with Crippen LogP contribution in [0.5, 0.6) is 0 Å². The molecular formula is C15H24N4O. The Morgan fingerprint density at radius 3 is 2.90 bits per heavy atom. The normalized spacial score (nSPS) is 25.9. The summed E-state index contributed by atoms with van der Waals surface area (Å²) in [6, 6.07) is 2.05. The van der Waals surface area contributed by atoms with Crippen LogP contribution in [0.25, 0.3) is 0 Å². The summed E-state index contributed by atoms with van der Waals surface area (Å²) in [6.07, 6.45) is 5.63. The lowest BCUT2D eigenvalue weighted by molar-refractivity contribution is -0.120. The van der Waals surface area contributed by atoms with Crippen molar-refractivity contribution in [3.63, 3.8) is 0 Å². The van der Waals surface area contributed by atoms with Gasteiger partial charge in [-0.1, -0.05) is 6.42 Å². The molecule has 20 heavy (non-hydrogen) atoms. The van der Waals surface area contributed by atoms with Crippen molar-refractivity contribution in [3.05, 3.63) is 11.8 Å². The van der Waals surface area contributed by atoms with Gasteiger partial charge < -0.3 is 11.1 Å². The molecule has 1 aromatic heterocycles.